The normalized spacial score (nSPS) is 24.8. The summed E-state index contributed by atoms with van der Waals surface area (Å²) in [6.07, 6.45) is 5.31. The first kappa shape index (κ1) is 17.6. The Hall–Kier alpha value is -1.18. The fourth-order valence-electron chi connectivity index (χ4n) is 3.86. The van der Waals surface area contributed by atoms with E-state index in [9.17, 15) is 8.42 Å². The van der Waals surface area contributed by atoms with E-state index in [-0.39, 0.29) is 0 Å². The molecule has 1 aromatic rings. The molecule has 6 nitrogen and oxygen atoms in total. The molecular formula is C17H27N3O3S. The zero-order valence-electron chi connectivity index (χ0n) is 14.5. The van der Waals surface area contributed by atoms with Gasteiger partial charge in [-0.15, -0.1) is 0 Å². The van der Waals surface area contributed by atoms with Crippen molar-refractivity contribution < 1.29 is 13.2 Å². The van der Waals surface area contributed by atoms with Crippen molar-refractivity contribution in [3.8, 4) is 0 Å². The predicted octanol–water partition coefficient (Wildman–Crippen LogP) is 1.32. The van der Waals surface area contributed by atoms with Gasteiger partial charge in [0.2, 0.25) is 0 Å². The van der Waals surface area contributed by atoms with Crippen LogP contribution >= 0.6 is 0 Å². The van der Waals surface area contributed by atoms with E-state index in [0.717, 1.165) is 37.4 Å². The van der Waals surface area contributed by atoms with Crippen LogP contribution in [-0.2, 0) is 19.3 Å². The number of anilines is 1. The van der Waals surface area contributed by atoms with Crippen molar-refractivity contribution in [1.29, 1.82) is 0 Å². The lowest BCUT2D eigenvalue weighted by Gasteiger charge is -2.39. The number of ether oxygens (including phenoxy) is 1. The maximum Gasteiger partial charge on any atom is 0.157 e. The quantitative estimate of drug-likeness (QED) is 0.880. The van der Waals surface area contributed by atoms with Crippen molar-refractivity contribution in [3.05, 3.63) is 23.9 Å². The molecule has 0 radical (unpaired) electrons. The van der Waals surface area contributed by atoms with E-state index in [1.807, 2.05) is 12.1 Å². The minimum atomic E-state index is -3.22. The summed E-state index contributed by atoms with van der Waals surface area (Å²) < 4.78 is 30.0. The van der Waals surface area contributed by atoms with Crippen LogP contribution < -0.4 is 10.2 Å². The van der Waals surface area contributed by atoms with Gasteiger partial charge in [-0.05, 0) is 50.0 Å². The number of sulfone groups is 1. The number of hydrogen-bond donors (Lipinski definition) is 1. The van der Waals surface area contributed by atoms with Crippen molar-refractivity contribution in [2.45, 2.75) is 37.0 Å². The van der Waals surface area contributed by atoms with Crippen LogP contribution in [-0.4, -0.2) is 58.5 Å². The van der Waals surface area contributed by atoms with E-state index in [1.54, 1.807) is 6.20 Å². The van der Waals surface area contributed by atoms with E-state index in [1.165, 1.54) is 6.26 Å². The molecule has 0 aromatic carbocycles. The SMILES string of the molecule is CC[C@H]1COCCN1c1cc(C2(S(C)(=O)=O)CCNCC2)ccn1. The summed E-state index contributed by atoms with van der Waals surface area (Å²) in [5.74, 6) is 0.865. The summed E-state index contributed by atoms with van der Waals surface area (Å²) in [4.78, 5) is 6.78. The molecule has 134 valence electrons. The minimum absolute atomic E-state index is 0.295. The fraction of sp³-hybridized carbons (Fsp3) is 0.706. The number of nitrogens with zero attached hydrogens (tertiary/aromatic N) is 2. The standard InChI is InChI=1S/C17H27N3O3S/c1-3-15-13-23-11-10-20(15)16-12-14(4-7-19-16)17(24(2,21)22)5-8-18-9-6-17/h4,7,12,15,18H,3,5-6,8-11,13H2,1-2H3/t15-/m0/s1. The molecule has 1 N–H and O–H groups in total. The van der Waals surface area contributed by atoms with Crippen molar-refractivity contribution in [2.24, 2.45) is 0 Å². The Morgan fingerprint density at radius 1 is 1.42 bits per heavy atom. The van der Waals surface area contributed by atoms with Crippen LogP contribution in [0.1, 0.15) is 31.7 Å². The molecule has 1 aromatic heterocycles. The van der Waals surface area contributed by atoms with Crippen molar-refractivity contribution in [2.75, 3.05) is 44.0 Å². The van der Waals surface area contributed by atoms with Gasteiger partial charge in [-0.1, -0.05) is 6.92 Å². The number of piperidine rings is 1. The highest BCUT2D eigenvalue weighted by Crippen LogP contribution is 2.39. The monoisotopic (exact) mass is 353 g/mol. The zero-order valence-corrected chi connectivity index (χ0v) is 15.3. The predicted molar refractivity (Wildman–Crippen MR) is 95.1 cm³/mol. The van der Waals surface area contributed by atoms with Crippen LogP contribution in [0.3, 0.4) is 0 Å². The number of rotatable bonds is 4. The van der Waals surface area contributed by atoms with Crippen LogP contribution in [0.5, 0.6) is 0 Å². The van der Waals surface area contributed by atoms with Crippen LogP contribution in [0.4, 0.5) is 5.82 Å². The summed E-state index contributed by atoms with van der Waals surface area (Å²) in [6.45, 7) is 5.76. The van der Waals surface area contributed by atoms with Gasteiger partial charge in [-0.3, -0.25) is 0 Å². The second-order valence-corrected chi connectivity index (χ2v) is 9.08. The molecule has 2 saturated heterocycles. The maximum absolute atomic E-state index is 12.6. The summed E-state index contributed by atoms with van der Waals surface area (Å²) >= 11 is 0. The average molecular weight is 353 g/mol. The van der Waals surface area contributed by atoms with Crippen molar-refractivity contribution in [1.82, 2.24) is 10.3 Å². The van der Waals surface area contributed by atoms with Gasteiger partial charge in [0.15, 0.2) is 9.84 Å². The Balaban J connectivity index is 1.99. The smallest absolute Gasteiger partial charge is 0.157 e. The number of nitrogens with one attached hydrogen (secondary N) is 1. The lowest BCUT2D eigenvalue weighted by Crippen LogP contribution is -2.47. The summed E-state index contributed by atoms with van der Waals surface area (Å²) in [5.41, 5.74) is 0.873. The van der Waals surface area contributed by atoms with Gasteiger partial charge in [-0.2, -0.15) is 0 Å². The second kappa shape index (κ2) is 6.98. The van der Waals surface area contributed by atoms with Crippen LogP contribution in [0.15, 0.2) is 18.3 Å². The molecule has 0 unspecified atom stereocenters. The Labute approximate surface area is 144 Å². The highest BCUT2D eigenvalue weighted by Gasteiger charge is 2.43. The Morgan fingerprint density at radius 2 is 2.17 bits per heavy atom. The van der Waals surface area contributed by atoms with Gasteiger partial charge >= 0.3 is 0 Å². The number of aromatic nitrogens is 1. The molecule has 2 aliphatic heterocycles. The Morgan fingerprint density at radius 3 is 2.83 bits per heavy atom. The Kier molecular flexibility index (Phi) is 5.13. The van der Waals surface area contributed by atoms with Crippen LogP contribution in [0, 0.1) is 0 Å². The summed E-state index contributed by atoms with van der Waals surface area (Å²) in [5, 5.41) is 3.27. The number of hydrogen-bond acceptors (Lipinski definition) is 6. The Bertz CT molecular complexity index is 671. The second-order valence-electron chi connectivity index (χ2n) is 6.75. The van der Waals surface area contributed by atoms with E-state index in [4.69, 9.17) is 4.74 Å². The third-order valence-electron chi connectivity index (χ3n) is 5.39. The molecule has 2 fully saturated rings. The third-order valence-corrected chi connectivity index (χ3v) is 7.45. The van der Waals surface area contributed by atoms with Gasteiger partial charge in [0.25, 0.3) is 0 Å². The molecule has 0 saturated carbocycles. The molecule has 0 aliphatic carbocycles. The molecule has 3 rings (SSSR count). The highest BCUT2D eigenvalue weighted by molar-refractivity contribution is 7.91. The van der Waals surface area contributed by atoms with Crippen molar-refractivity contribution in [3.63, 3.8) is 0 Å². The van der Waals surface area contributed by atoms with Gasteiger partial charge in [-0.25, -0.2) is 13.4 Å². The van der Waals surface area contributed by atoms with Crippen LogP contribution in [0.2, 0.25) is 0 Å². The maximum atomic E-state index is 12.6. The topological polar surface area (TPSA) is 71.5 Å². The van der Waals surface area contributed by atoms with Crippen molar-refractivity contribution >= 4 is 15.7 Å². The molecule has 0 amide bonds. The molecule has 7 heteroatoms. The molecule has 24 heavy (non-hydrogen) atoms. The largest absolute Gasteiger partial charge is 0.377 e. The molecule has 3 heterocycles. The molecule has 1 atom stereocenters. The van der Waals surface area contributed by atoms with E-state index < -0.39 is 14.6 Å². The third kappa shape index (κ3) is 3.17. The number of morpholine rings is 1. The lowest BCUT2D eigenvalue weighted by atomic mass is 9.89. The fourth-order valence-corrected chi connectivity index (χ4v) is 5.36. The van der Waals surface area contributed by atoms with Gasteiger partial charge < -0.3 is 15.0 Å². The molecular weight excluding hydrogens is 326 g/mol. The zero-order chi connectivity index (χ0) is 17.2. The van der Waals surface area contributed by atoms with E-state index in [2.05, 4.69) is 22.1 Å². The summed E-state index contributed by atoms with van der Waals surface area (Å²) in [6, 6.07) is 4.15. The first-order valence-corrected chi connectivity index (χ1v) is 10.6. The summed E-state index contributed by atoms with van der Waals surface area (Å²) in [7, 11) is -3.22. The van der Waals surface area contributed by atoms with Gasteiger partial charge in [0.1, 0.15) is 5.82 Å². The average Bonchev–Trinajstić information content (AvgIpc) is 2.61. The first-order valence-electron chi connectivity index (χ1n) is 8.69. The molecule has 2 aliphatic rings. The molecule has 0 spiro atoms. The minimum Gasteiger partial charge on any atom is -0.377 e. The van der Waals surface area contributed by atoms with Crippen LogP contribution in [0.25, 0.3) is 0 Å². The van der Waals surface area contributed by atoms with Gasteiger partial charge in [0, 0.05) is 19.0 Å². The van der Waals surface area contributed by atoms with Gasteiger partial charge in [0.05, 0.1) is 24.0 Å². The van der Waals surface area contributed by atoms with E-state index >= 15 is 0 Å². The van der Waals surface area contributed by atoms with E-state index in [0.29, 0.717) is 32.1 Å². The highest BCUT2D eigenvalue weighted by atomic mass is 32.2. The lowest BCUT2D eigenvalue weighted by molar-refractivity contribution is 0.0925. The number of pyridine rings is 1. The molecule has 0 bridgehead atoms. The first-order chi connectivity index (χ1) is 11.5.